The molecule has 1 aromatic heterocycles. The van der Waals surface area contributed by atoms with E-state index in [4.69, 9.17) is 0 Å². The van der Waals surface area contributed by atoms with Gasteiger partial charge in [0, 0.05) is 34.3 Å². The zero-order valence-electron chi connectivity index (χ0n) is 21.1. The Hall–Kier alpha value is -5.21. The fraction of sp³-hybridized carbons (Fsp3) is 0. The fourth-order valence-electron chi connectivity index (χ4n) is 6.80. The van der Waals surface area contributed by atoms with Crippen LogP contribution < -0.4 is 4.90 Å². The summed E-state index contributed by atoms with van der Waals surface area (Å²) in [5.74, 6) is 0. The van der Waals surface area contributed by atoms with E-state index in [1.165, 1.54) is 83.1 Å². The van der Waals surface area contributed by atoms with Crippen LogP contribution in [-0.2, 0) is 0 Å². The van der Waals surface area contributed by atoms with Crippen LogP contribution in [0.4, 0.5) is 17.1 Å². The lowest BCUT2D eigenvalue weighted by Gasteiger charge is -2.39. The number of nitrogens with zero attached hydrogens (tertiary/aromatic N) is 2. The quantitative estimate of drug-likeness (QED) is 0.238. The zero-order valence-corrected chi connectivity index (χ0v) is 21.1. The smallest absolute Gasteiger partial charge is 0.0625 e. The van der Waals surface area contributed by atoms with Gasteiger partial charge < -0.3 is 4.90 Å². The Morgan fingerprint density at radius 1 is 0.436 bits per heavy atom. The molecule has 2 aliphatic heterocycles. The van der Waals surface area contributed by atoms with Crippen molar-refractivity contribution in [3.63, 3.8) is 0 Å². The van der Waals surface area contributed by atoms with Crippen molar-refractivity contribution >= 4 is 38.6 Å². The van der Waals surface area contributed by atoms with Crippen molar-refractivity contribution < 1.29 is 0 Å². The molecule has 2 aliphatic rings. The number of fused-ring (bicyclic) bond motifs is 5. The first-order chi connectivity index (χ1) is 19.4. The van der Waals surface area contributed by atoms with Crippen molar-refractivity contribution in [1.29, 1.82) is 0 Å². The molecule has 2 nitrogen and oxygen atoms in total. The highest BCUT2D eigenvalue weighted by molar-refractivity contribution is 6.27. The van der Waals surface area contributed by atoms with Crippen LogP contribution in [0.15, 0.2) is 134 Å². The number of hydrogen-bond donors (Lipinski definition) is 0. The largest absolute Gasteiger partial charge is 0.308 e. The molecule has 0 spiro atoms. The highest BCUT2D eigenvalue weighted by atomic mass is 15.2. The van der Waals surface area contributed by atoms with Gasteiger partial charge in [0.15, 0.2) is 0 Å². The van der Waals surface area contributed by atoms with Gasteiger partial charge in [-0.1, -0.05) is 103 Å². The van der Waals surface area contributed by atoms with Crippen LogP contribution in [0, 0.1) is 0 Å². The summed E-state index contributed by atoms with van der Waals surface area (Å²) in [6, 6.07) is 44.2. The molecule has 6 aromatic carbocycles. The molecule has 0 bridgehead atoms. The number of rotatable bonds is 2. The average molecular weight is 495 g/mol. The van der Waals surface area contributed by atoms with Gasteiger partial charge in [-0.05, 0) is 62.4 Å². The Bertz CT molecular complexity index is 2110. The van der Waals surface area contributed by atoms with Crippen molar-refractivity contribution in [2.45, 2.75) is 0 Å². The molecular formula is C37H22N2. The molecule has 0 saturated heterocycles. The van der Waals surface area contributed by atoms with E-state index in [1.807, 2.05) is 12.4 Å². The summed E-state index contributed by atoms with van der Waals surface area (Å²) in [6.45, 7) is 0. The lowest BCUT2D eigenvalue weighted by Crippen LogP contribution is -2.19. The SMILES string of the molecule is c1ccc(-c2ccc3c4c(cccc24)-c2cc(-c4ccccc4)c4cccc5c4c2N3c2ccncc2-5)cc1. The fourth-order valence-corrected chi connectivity index (χ4v) is 6.80. The third-order valence-corrected chi connectivity index (χ3v) is 8.41. The number of pyridine rings is 1. The van der Waals surface area contributed by atoms with E-state index in [1.54, 1.807) is 0 Å². The number of hydrogen-bond acceptors (Lipinski definition) is 2. The third kappa shape index (κ3) is 2.73. The van der Waals surface area contributed by atoms with E-state index in [0.717, 1.165) is 0 Å². The summed E-state index contributed by atoms with van der Waals surface area (Å²) in [5.41, 5.74) is 13.7. The van der Waals surface area contributed by atoms with E-state index in [-0.39, 0.29) is 0 Å². The van der Waals surface area contributed by atoms with Gasteiger partial charge in [0.05, 0.1) is 17.1 Å². The Balaban J connectivity index is 1.49. The number of benzene rings is 6. The molecule has 7 aromatic rings. The predicted octanol–water partition coefficient (Wildman–Crippen LogP) is 10.2. The maximum Gasteiger partial charge on any atom is 0.0625 e. The number of anilines is 3. The molecule has 0 unspecified atom stereocenters. The van der Waals surface area contributed by atoms with Gasteiger partial charge in [-0.15, -0.1) is 0 Å². The molecule has 0 radical (unpaired) electrons. The molecule has 180 valence electrons. The van der Waals surface area contributed by atoms with Gasteiger partial charge in [-0.25, -0.2) is 0 Å². The van der Waals surface area contributed by atoms with Gasteiger partial charge in [0.2, 0.25) is 0 Å². The van der Waals surface area contributed by atoms with Crippen LogP contribution in [0.1, 0.15) is 0 Å². The maximum atomic E-state index is 4.57. The highest BCUT2D eigenvalue weighted by Gasteiger charge is 2.34. The molecule has 0 fully saturated rings. The Morgan fingerprint density at radius 2 is 1.10 bits per heavy atom. The Labute approximate surface area is 226 Å². The minimum Gasteiger partial charge on any atom is -0.308 e. The van der Waals surface area contributed by atoms with Gasteiger partial charge in [-0.2, -0.15) is 0 Å². The minimum atomic E-state index is 1.17. The van der Waals surface area contributed by atoms with Crippen LogP contribution in [-0.4, -0.2) is 4.98 Å². The Kier molecular flexibility index (Phi) is 4.08. The van der Waals surface area contributed by atoms with E-state index in [9.17, 15) is 0 Å². The minimum absolute atomic E-state index is 1.17. The first kappa shape index (κ1) is 20.8. The zero-order chi connectivity index (χ0) is 25.5. The lowest BCUT2D eigenvalue weighted by atomic mass is 9.80. The topological polar surface area (TPSA) is 16.1 Å². The molecule has 9 rings (SSSR count). The van der Waals surface area contributed by atoms with Crippen LogP contribution in [0.5, 0.6) is 0 Å². The first-order valence-electron chi connectivity index (χ1n) is 13.4. The molecule has 2 heteroatoms. The Morgan fingerprint density at radius 3 is 1.85 bits per heavy atom. The van der Waals surface area contributed by atoms with E-state index < -0.39 is 0 Å². The first-order valence-corrected chi connectivity index (χ1v) is 13.4. The second-order valence-corrected chi connectivity index (χ2v) is 10.4. The lowest BCUT2D eigenvalue weighted by molar-refractivity contribution is 1.24. The predicted molar refractivity (Wildman–Crippen MR) is 163 cm³/mol. The summed E-state index contributed by atoms with van der Waals surface area (Å²) in [5, 5.41) is 5.14. The molecule has 0 aliphatic carbocycles. The van der Waals surface area contributed by atoms with Crippen molar-refractivity contribution in [2.24, 2.45) is 0 Å². The average Bonchev–Trinajstić information content (AvgIpc) is 3.02. The van der Waals surface area contributed by atoms with Gasteiger partial charge in [0.25, 0.3) is 0 Å². The molecule has 0 amide bonds. The molecular weight excluding hydrogens is 472 g/mol. The van der Waals surface area contributed by atoms with E-state index in [2.05, 4.69) is 131 Å². The second kappa shape index (κ2) is 7.66. The molecule has 3 heterocycles. The van der Waals surface area contributed by atoms with Crippen molar-refractivity contribution in [3.05, 3.63) is 134 Å². The molecule has 0 atom stereocenters. The van der Waals surface area contributed by atoms with Crippen LogP contribution in [0.2, 0.25) is 0 Å². The van der Waals surface area contributed by atoms with Gasteiger partial charge in [-0.3, -0.25) is 4.98 Å². The monoisotopic (exact) mass is 494 g/mol. The molecule has 0 N–H and O–H groups in total. The number of aromatic nitrogens is 1. The second-order valence-electron chi connectivity index (χ2n) is 10.4. The van der Waals surface area contributed by atoms with Crippen molar-refractivity contribution in [1.82, 2.24) is 4.98 Å². The summed E-state index contributed by atoms with van der Waals surface area (Å²) in [4.78, 5) is 7.05. The third-order valence-electron chi connectivity index (χ3n) is 8.41. The van der Waals surface area contributed by atoms with Gasteiger partial charge in [0.1, 0.15) is 0 Å². The molecule has 39 heavy (non-hydrogen) atoms. The summed E-state index contributed by atoms with van der Waals surface area (Å²) in [6.07, 6.45) is 3.94. The summed E-state index contributed by atoms with van der Waals surface area (Å²) >= 11 is 0. The van der Waals surface area contributed by atoms with Crippen molar-refractivity contribution in [2.75, 3.05) is 4.90 Å². The van der Waals surface area contributed by atoms with E-state index >= 15 is 0 Å². The van der Waals surface area contributed by atoms with Crippen LogP contribution in [0.3, 0.4) is 0 Å². The summed E-state index contributed by atoms with van der Waals surface area (Å²) < 4.78 is 0. The van der Waals surface area contributed by atoms with Crippen molar-refractivity contribution in [3.8, 4) is 44.5 Å². The maximum absolute atomic E-state index is 4.57. The molecule has 0 saturated carbocycles. The standard InChI is InChI=1S/C37H22N2/c1-3-9-23(10-4-1)25-17-18-34-35-26(25)13-7-15-28(35)31-21-30(24-11-5-2-6-12-24)27-14-8-16-29-32-22-38-20-19-33(32)39(34)37(31)36(27)29/h1-22H. The van der Waals surface area contributed by atoms with Gasteiger partial charge >= 0.3 is 0 Å². The normalized spacial score (nSPS) is 12.6. The van der Waals surface area contributed by atoms with Crippen LogP contribution in [0.25, 0.3) is 66.1 Å². The van der Waals surface area contributed by atoms with E-state index in [0.29, 0.717) is 0 Å². The highest BCUT2D eigenvalue weighted by Crippen LogP contribution is 2.60. The summed E-state index contributed by atoms with van der Waals surface area (Å²) in [7, 11) is 0. The van der Waals surface area contributed by atoms with Crippen LogP contribution >= 0.6 is 0 Å².